The van der Waals surface area contributed by atoms with Crippen LogP contribution in [0.1, 0.15) is 6.92 Å². The number of nitrogens with two attached hydrogens (primary N) is 1. The normalized spacial score (nSPS) is 14.3. The van der Waals surface area contributed by atoms with Gasteiger partial charge in [0.25, 0.3) is 0 Å². The minimum absolute atomic E-state index is 0.142. The van der Waals surface area contributed by atoms with Gasteiger partial charge < -0.3 is 25.4 Å². The third-order valence-corrected chi connectivity index (χ3v) is 4.44. The zero-order valence-corrected chi connectivity index (χ0v) is 14.8. The summed E-state index contributed by atoms with van der Waals surface area (Å²) in [5.41, 5.74) is 7.94. The lowest BCUT2D eigenvalue weighted by Gasteiger charge is -2.35. The maximum atomic E-state index is 12.7. The number of nitrogens with one attached hydrogen (secondary N) is 1. The van der Waals surface area contributed by atoms with Crippen molar-refractivity contribution in [3.63, 3.8) is 0 Å². The molecule has 1 unspecified atom stereocenters. The number of benzene rings is 2. The molecule has 25 heavy (non-hydrogen) atoms. The van der Waals surface area contributed by atoms with E-state index in [0.29, 0.717) is 35.3 Å². The molecule has 132 valence electrons. The number of anilines is 3. The Kier molecular flexibility index (Phi) is 4.90. The summed E-state index contributed by atoms with van der Waals surface area (Å²) in [6.07, 6.45) is 0. The minimum atomic E-state index is -0.398. The number of carbonyl (C=O) groups excluding carboxylic acids is 1. The SMILES string of the molecule is COc1ccc(NC(=O)C(C)N2CCOc3ccc(N)cc32)cc1Cl. The summed E-state index contributed by atoms with van der Waals surface area (Å²) in [6, 6.07) is 10.2. The predicted molar refractivity (Wildman–Crippen MR) is 99.8 cm³/mol. The van der Waals surface area contributed by atoms with E-state index in [-0.39, 0.29) is 5.91 Å². The van der Waals surface area contributed by atoms with Crippen molar-refractivity contribution in [1.29, 1.82) is 0 Å². The minimum Gasteiger partial charge on any atom is -0.495 e. The highest BCUT2D eigenvalue weighted by Gasteiger charge is 2.27. The number of hydrogen-bond acceptors (Lipinski definition) is 5. The second-order valence-corrected chi connectivity index (χ2v) is 6.19. The quantitative estimate of drug-likeness (QED) is 0.818. The Hall–Kier alpha value is -2.60. The highest BCUT2D eigenvalue weighted by Crippen LogP contribution is 2.35. The zero-order valence-electron chi connectivity index (χ0n) is 14.1. The third-order valence-electron chi connectivity index (χ3n) is 4.15. The summed E-state index contributed by atoms with van der Waals surface area (Å²) in [6.45, 7) is 2.97. The summed E-state index contributed by atoms with van der Waals surface area (Å²) < 4.78 is 10.8. The molecule has 2 aromatic carbocycles. The van der Waals surface area contributed by atoms with Gasteiger partial charge in [-0.25, -0.2) is 0 Å². The predicted octanol–water partition coefficient (Wildman–Crippen LogP) is 3.16. The van der Waals surface area contributed by atoms with E-state index in [2.05, 4.69) is 5.32 Å². The van der Waals surface area contributed by atoms with Crippen LogP contribution in [-0.4, -0.2) is 32.2 Å². The average Bonchev–Trinajstić information content (AvgIpc) is 2.60. The van der Waals surface area contributed by atoms with Gasteiger partial charge in [0.05, 0.1) is 24.4 Å². The molecule has 0 fully saturated rings. The van der Waals surface area contributed by atoms with Crippen LogP contribution in [0.3, 0.4) is 0 Å². The number of nitrogen functional groups attached to an aromatic ring is 1. The average molecular weight is 362 g/mol. The molecule has 0 saturated carbocycles. The van der Waals surface area contributed by atoms with Crippen molar-refractivity contribution in [3.05, 3.63) is 41.4 Å². The number of methoxy groups -OCH3 is 1. The first kappa shape index (κ1) is 17.2. The smallest absolute Gasteiger partial charge is 0.246 e. The molecule has 0 aliphatic carbocycles. The van der Waals surface area contributed by atoms with Gasteiger partial charge in [0, 0.05) is 11.4 Å². The lowest BCUT2D eigenvalue weighted by molar-refractivity contribution is -0.117. The first-order valence-corrected chi connectivity index (χ1v) is 8.31. The molecule has 3 N–H and O–H groups in total. The molecule has 3 rings (SSSR count). The fraction of sp³-hybridized carbons (Fsp3) is 0.278. The Morgan fingerprint density at radius 1 is 1.36 bits per heavy atom. The Morgan fingerprint density at radius 3 is 2.88 bits per heavy atom. The van der Waals surface area contributed by atoms with Crippen LogP contribution in [0, 0.1) is 0 Å². The van der Waals surface area contributed by atoms with E-state index in [1.807, 2.05) is 24.0 Å². The van der Waals surface area contributed by atoms with E-state index in [4.69, 9.17) is 26.8 Å². The lowest BCUT2D eigenvalue weighted by Crippen LogP contribution is -2.46. The number of hydrogen-bond donors (Lipinski definition) is 2. The van der Waals surface area contributed by atoms with Crippen LogP contribution in [0.15, 0.2) is 36.4 Å². The maximum absolute atomic E-state index is 12.7. The summed E-state index contributed by atoms with van der Waals surface area (Å²) in [4.78, 5) is 14.7. The molecule has 0 bridgehead atoms. The fourth-order valence-electron chi connectivity index (χ4n) is 2.79. The topological polar surface area (TPSA) is 76.8 Å². The van der Waals surface area contributed by atoms with Gasteiger partial charge in [-0.2, -0.15) is 0 Å². The largest absolute Gasteiger partial charge is 0.495 e. The number of rotatable bonds is 4. The van der Waals surface area contributed by atoms with E-state index < -0.39 is 6.04 Å². The Labute approximate surface area is 151 Å². The second-order valence-electron chi connectivity index (χ2n) is 5.78. The summed E-state index contributed by atoms with van der Waals surface area (Å²) in [7, 11) is 1.54. The van der Waals surface area contributed by atoms with E-state index in [9.17, 15) is 4.79 Å². The molecule has 0 aromatic heterocycles. The van der Waals surface area contributed by atoms with Crippen molar-refractivity contribution < 1.29 is 14.3 Å². The molecule has 1 aliphatic rings. The summed E-state index contributed by atoms with van der Waals surface area (Å²) in [5, 5.41) is 3.33. The first-order chi connectivity index (χ1) is 12.0. The van der Waals surface area contributed by atoms with Crippen LogP contribution in [0.5, 0.6) is 11.5 Å². The molecular formula is C18H20ClN3O3. The molecule has 1 amide bonds. The third kappa shape index (κ3) is 3.58. The highest BCUT2D eigenvalue weighted by atomic mass is 35.5. The van der Waals surface area contributed by atoms with Crippen LogP contribution < -0.4 is 25.4 Å². The Morgan fingerprint density at radius 2 is 2.16 bits per heavy atom. The molecule has 7 heteroatoms. The molecular weight excluding hydrogens is 342 g/mol. The first-order valence-electron chi connectivity index (χ1n) is 7.93. The molecule has 6 nitrogen and oxygen atoms in total. The van der Waals surface area contributed by atoms with E-state index in [1.54, 1.807) is 31.4 Å². The van der Waals surface area contributed by atoms with Crippen molar-refractivity contribution in [2.45, 2.75) is 13.0 Å². The van der Waals surface area contributed by atoms with Gasteiger partial charge in [-0.15, -0.1) is 0 Å². The standard InChI is InChI=1S/C18H20ClN3O3/c1-11(18(23)21-13-4-6-16(24-2)14(19)10-13)22-7-8-25-17-5-3-12(20)9-15(17)22/h3-6,9-11H,7-8,20H2,1-2H3,(H,21,23). The van der Waals surface area contributed by atoms with Crippen molar-refractivity contribution in [1.82, 2.24) is 0 Å². The van der Waals surface area contributed by atoms with Crippen molar-refractivity contribution in [2.24, 2.45) is 0 Å². The fourth-order valence-corrected chi connectivity index (χ4v) is 3.05. The number of carbonyl (C=O) groups is 1. The lowest BCUT2D eigenvalue weighted by atomic mass is 10.1. The van der Waals surface area contributed by atoms with Crippen LogP contribution in [0.4, 0.5) is 17.1 Å². The Balaban J connectivity index is 1.77. The zero-order chi connectivity index (χ0) is 18.0. The number of amides is 1. The number of halogens is 1. The van der Waals surface area contributed by atoms with Crippen LogP contribution in [0.25, 0.3) is 0 Å². The highest BCUT2D eigenvalue weighted by molar-refractivity contribution is 6.32. The van der Waals surface area contributed by atoms with E-state index >= 15 is 0 Å². The number of fused-ring (bicyclic) bond motifs is 1. The molecule has 0 spiro atoms. The molecule has 2 aromatic rings. The maximum Gasteiger partial charge on any atom is 0.246 e. The number of nitrogens with zero attached hydrogens (tertiary/aromatic N) is 1. The summed E-state index contributed by atoms with van der Waals surface area (Å²) >= 11 is 6.11. The monoisotopic (exact) mass is 361 g/mol. The van der Waals surface area contributed by atoms with Gasteiger partial charge in [0.2, 0.25) is 5.91 Å². The van der Waals surface area contributed by atoms with Gasteiger partial charge in [-0.3, -0.25) is 4.79 Å². The second kappa shape index (κ2) is 7.11. The van der Waals surface area contributed by atoms with Gasteiger partial charge in [0.15, 0.2) is 0 Å². The summed E-state index contributed by atoms with van der Waals surface area (Å²) in [5.74, 6) is 1.15. The van der Waals surface area contributed by atoms with Crippen molar-refractivity contribution >= 4 is 34.6 Å². The molecule has 0 saturated heterocycles. The van der Waals surface area contributed by atoms with Gasteiger partial charge in [-0.05, 0) is 43.3 Å². The molecule has 1 atom stereocenters. The van der Waals surface area contributed by atoms with Crippen LogP contribution >= 0.6 is 11.6 Å². The van der Waals surface area contributed by atoms with E-state index in [1.165, 1.54) is 0 Å². The van der Waals surface area contributed by atoms with Crippen molar-refractivity contribution in [2.75, 3.05) is 36.2 Å². The van der Waals surface area contributed by atoms with Crippen LogP contribution in [-0.2, 0) is 4.79 Å². The van der Waals surface area contributed by atoms with Gasteiger partial charge >= 0.3 is 0 Å². The molecule has 1 heterocycles. The molecule has 0 radical (unpaired) electrons. The molecule has 1 aliphatic heterocycles. The van der Waals surface area contributed by atoms with Gasteiger partial charge in [0.1, 0.15) is 24.1 Å². The van der Waals surface area contributed by atoms with E-state index in [0.717, 1.165) is 11.4 Å². The van der Waals surface area contributed by atoms with Gasteiger partial charge in [-0.1, -0.05) is 11.6 Å². The Bertz CT molecular complexity index is 797. The van der Waals surface area contributed by atoms with Crippen LogP contribution in [0.2, 0.25) is 5.02 Å². The van der Waals surface area contributed by atoms with Crippen molar-refractivity contribution in [3.8, 4) is 11.5 Å². The number of ether oxygens (including phenoxy) is 2.